The van der Waals surface area contributed by atoms with E-state index in [0.717, 1.165) is 0 Å². The zero-order chi connectivity index (χ0) is 16.1. The Morgan fingerprint density at radius 2 is 2.14 bits per heavy atom. The fraction of sp³-hybridized carbons (Fsp3) is 0.231. The molecule has 1 aromatic carbocycles. The summed E-state index contributed by atoms with van der Waals surface area (Å²) < 4.78 is 11.4. The van der Waals surface area contributed by atoms with Gasteiger partial charge in [0.05, 0.1) is 37.3 Å². The molecule has 0 aliphatic rings. The SMILES string of the molecule is COc1ccc(OC)c(NC(=O)Cn2ccc([N+](=O)[O-])n2)c1. The molecule has 116 valence electrons. The van der Waals surface area contributed by atoms with Gasteiger partial charge in [0.2, 0.25) is 5.91 Å². The van der Waals surface area contributed by atoms with Crippen molar-refractivity contribution in [2.24, 2.45) is 0 Å². The Morgan fingerprint density at radius 1 is 1.36 bits per heavy atom. The second-order valence-corrected chi connectivity index (χ2v) is 4.24. The van der Waals surface area contributed by atoms with E-state index in [-0.39, 0.29) is 12.4 Å². The summed E-state index contributed by atoms with van der Waals surface area (Å²) in [6, 6.07) is 6.19. The first-order valence-corrected chi connectivity index (χ1v) is 6.23. The van der Waals surface area contributed by atoms with Gasteiger partial charge >= 0.3 is 5.82 Å². The molecular weight excluding hydrogens is 292 g/mol. The van der Waals surface area contributed by atoms with Crippen molar-refractivity contribution in [2.75, 3.05) is 19.5 Å². The number of carbonyl (C=O) groups is 1. The third kappa shape index (κ3) is 3.51. The molecule has 1 aromatic heterocycles. The molecule has 0 saturated heterocycles. The van der Waals surface area contributed by atoms with Crippen LogP contribution in [0.25, 0.3) is 0 Å². The van der Waals surface area contributed by atoms with Crippen LogP contribution in [0.1, 0.15) is 0 Å². The van der Waals surface area contributed by atoms with Crippen LogP contribution in [0.3, 0.4) is 0 Å². The average molecular weight is 306 g/mol. The summed E-state index contributed by atoms with van der Waals surface area (Å²) in [5.41, 5.74) is 0.438. The Balaban J connectivity index is 2.09. The number of hydrogen-bond donors (Lipinski definition) is 1. The number of hydrogen-bond acceptors (Lipinski definition) is 6. The number of nitrogens with one attached hydrogen (secondary N) is 1. The number of nitrogens with zero attached hydrogens (tertiary/aromatic N) is 3. The molecule has 0 radical (unpaired) electrons. The summed E-state index contributed by atoms with van der Waals surface area (Å²) in [4.78, 5) is 21.9. The molecule has 0 bridgehead atoms. The second kappa shape index (κ2) is 6.57. The van der Waals surface area contributed by atoms with Crippen molar-refractivity contribution in [3.8, 4) is 11.5 Å². The molecule has 0 saturated carbocycles. The third-order valence-corrected chi connectivity index (χ3v) is 2.80. The lowest BCUT2D eigenvalue weighted by Crippen LogP contribution is -2.19. The predicted octanol–water partition coefficient (Wildman–Crippen LogP) is 1.45. The lowest BCUT2D eigenvalue weighted by atomic mass is 10.2. The zero-order valence-electron chi connectivity index (χ0n) is 12.0. The summed E-state index contributed by atoms with van der Waals surface area (Å²) in [5.74, 6) is 0.322. The Bertz CT molecular complexity index is 697. The van der Waals surface area contributed by atoms with Crippen LogP contribution in [-0.2, 0) is 11.3 Å². The Hall–Kier alpha value is -3.10. The van der Waals surface area contributed by atoms with Crippen molar-refractivity contribution in [2.45, 2.75) is 6.54 Å². The van der Waals surface area contributed by atoms with Gasteiger partial charge in [-0.25, -0.2) is 0 Å². The van der Waals surface area contributed by atoms with Gasteiger partial charge in [0.25, 0.3) is 0 Å². The fourth-order valence-electron chi connectivity index (χ4n) is 1.79. The molecule has 9 heteroatoms. The first kappa shape index (κ1) is 15.3. The minimum Gasteiger partial charge on any atom is -0.497 e. The van der Waals surface area contributed by atoms with Gasteiger partial charge in [-0.15, -0.1) is 0 Å². The number of methoxy groups -OCH3 is 2. The molecule has 1 N–H and O–H groups in total. The van der Waals surface area contributed by atoms with Crippen LogP contribution >= 0.6 is 0 Å². The molecule has 0 atom stereocenters. The van der Waals surface area contributed by atoms with Gasteiger partial charge in [-0.05, 0) is 17.1 Å². The van der Waals surface area contributed by atoms with Crippen molar-refractivity contribution >= 4 is 17.4 Å². The summed E-state index contributed by atoms with van der Waals surface area (Å²) in [5, 5.41) is 16.9. The number of amides is 1. The highest BCUT2D eigenvalue weighted by molar-refractivity contribution is 5.92. The van der Waals surface area contributed by atoms with Crippen LogP contribution in [0.15, 0.2) is 30.5 Å². The first-order valence-electron chi connectivity index (χ1n) is 6.23. The van der Waals surface area contributed by atoms with Gasteiger partial charge in [-0.3, -0.25) is 4.79 Å². The monoisotopic (exact) mass is 306 g/mol. The summed E-state index contributed by atoms with van der Waals surface area (Å²) in [6.07, 6.45) is 1.36. The molecule has 22 heavy (non-hydrogen) atoms. The molecule has 0 aliphatic carbocycles. The van der Waals surface area contributed by atoms with Gasteiger partial charge in [-0.2, -0.15) is 4.68 Å². The van der Waals surface area contributed by atoms with E-state index in [1.807, 2.05) is 0 Å². The number of ether oxygens (including phenoxy) is 2. The van der Waals surface area contributed by atoms with E-state index >= 15 is 0 Å². The summed E-state index contributed by atoms with van der Waals surface area (Å²) >= 11 is 0. The minimum atomic E-state index is -0.626. The first-order chi connectivity index (χ1) is 10.5. The van der Waals surface area contributed by atoms with E-state index in [0.29, 0.717) is 17.2 Å². The zero-order valence-corrected chi connectivity index (χ0v) is 12.0. The van der Waals surface area contributed by atoms with E-state index in [1.54, 1.807) is 18.2 Å². The maximum atomic E-state index is 12.0. The Labute approximate surface area is 125 Å². The van der Waals surface area contributed by atoms with E-state index in [1.165, 1.54) is 31.2 Å². The van der Waals surface area contributed by atoms with Gasteiger partial charge in [0, 0.05) is 6.07 Å². The summed E-state index contributed by atoms with van der Waals surface area (Å²) in [7, 11) is 2.99. The largest absolute Gasteiger partial charge is 0.497 e. The lowest BCUT2D eigenvalue weighted by Gasteiger charge is -2.11. The number of rotatable bonds is 6. The van der Waals surface area contributed by atoms with Crippen molar-refractivity contribution in [3.63, 3.8) is 0 Å². The van der Waals surface area contributed by atoms with E-state index in [9.17, 15) is 14.9 Å². The van der Waals surface area contributed by atoms with Crippen molar-refractivity contribution < 1.29 is 19.2 Å². The number of anilines is 1. The van der Waals surface area contributed by atoms with Gasteiger partial charge in [0.1, 0.15) is 18.0 Å². The van der Waals surface area contributed by atoms with Crippen LogP contribution in [-0.4, -0.2) is 34.8 Å². The lowest BCUT2D eigenvalue weighted by molar-refractivity contribution is -0.389. The van der Waals surface area contributed by atoms with Crippen molar-refractivity contribution in [1.82, 2.24) is 9.78 Å². The molecule has 9 nitrogen and oxygen atoms in total. The number of nitro groups is 1. The minimum absolute atomic E-state index is 0.159. The van der Waals surface area contributed by atoms with Crippen molar-refractivity contribution in [1.29, 1.82) is 0 Å². The van der Waals surface area contributed by atoms with Crippen LogP contribution in [0.2, 0.25) is 0 Å². The molecule has 1 heterocycles. The molecular formula is C13H14N4O5. The predicted molar refractivity (Wildman–Crippen MR) is 77.1 cm³/mol. The molecule has 0 aliphatic heterocycles. The number of benzene rings is 1. The van der Waals surface area contributed by atoms with Gasteiger partial charge in [0.15, 0.2) is 0 Å². The highest BCUT2D eigenvalue weighted by atomic mass is 16.6. The highest BCUT2D eigenvalue weighted by Gasteiger charge is 2.15. The molecule has 0 spiro atoms. The highest BCUT2D eigenvalue weighted by Crippen LogP contribution is 2.28. The van der Waals surface area contributed by atoms with E-state index < -0.39 is 10.8 Å². The van der Waals surface area contributed by atoms with Crippen LogP contribution < -0.4 is 14.8 Å². The molecule has 2 aromatic rings. The van der Waals surface area contributed by atoms with Crippen LogP contribution in [0.4, 0.5) is 11.5 Å². The normalized spacial score (nSPS) is 10.1. The number of carbonyl (C=O) groups excluding carboxylic acids is 1. The average Bonchev–Trinajstić information content (AvgIpc) is 2.95. The van der Waals surface area contributed by atoms with Gasteiger partial charge < -0.3 is 24.9 Å². The molecule has 2 rings (SSSR count). The van der Waals surface area contributed by atoms with E-state index in [4.69, 9.17) is 9.47 Å². The number of aromatic nitrogens is 2. The molecule has 1 amide bonds. The molecule has 0 unspecified atom stereocenters. The quantitative estimate of drug-likeness (QED) is 0.639. The third-order valence-electron chi connectivity index (χ3n) is 2.80. The Morgan fingerprint density at radius 3 is 2.73 bits per heavy atom. The standard InChI is InChI=1S/C13H14N4O5/c1-21-9-3-4-11(22-2)10(7-9)14-13(18)8-16-6-5-12(15-16)17(19)20/h3-7H,8H2,1-2H3,(H,14,18). The van der Waals surface area contributed by atoms with Crippen LogP contribution in [0, 0.1) is 10.1 Å². The summed E-state index contributed by atoms with van der Waals surface area (Å²) in [6.45, 7) is -0.159. The van der Waals surface area contributed by atoms with Gasteiger partial charge in [-0.1, -0.05) is 0 Å². The van der Waals surface area contributed by atoms with Crippen molar-refractivity contribution in [3.05, 3.63) is 40.6 Å². The topological polar surface area (TPSA) is 109 Å². The maximum Gasteiger partial charge on any atom is 0.389 e. The smallest absolute Gasteiger partial charge is 0.389 e. The maximum absolute atomic E-state index is 12.0. The van der Waals surface area contributed by atoms with E-state index in [2.05, 4.69) is 10.4 Å². The Kier molecular flexibility index (Phi) is 4.57. The van der Waals surface area contributed by atoms with Crippen LogP contribution in [0.5, 0.6) is 11.5 Å². The fourth-order valence-corrected chi connectivity index (χ4v) is 1.79. The molecule has 0 fully saturated rings. The second-order valence-electron chi connectivity index (χ2n) is 4.24.